The molecule has 13 nitrogen and oxygen atoms in total. The maximum Gasteiger partial charge on any atom is 0.408 e. The monoisotopic (exact) mass is 798 g/mol. The van der Waals surface area contributed by atoms with E-state index in [9.17, 15) is 14.4 Å². The highest BCUT2D eigenvalue weighted by Crippen LogP contribution is 2.45. The Balaban J connectivity index is 1.31. The minimum absolute atomic E-state index is 0.0407. The van der Waals surface area contributed by atoms with Crippen molar-refractivity contribution in [1.82, 2.24) is 29.4 Å². The number of amides is 1. The number of pyridine rings is 2. The van der Waals surface area contributed by atoms with Gasteiger partial charge in [-0.2, -0.15) is 0 Å². The minimum Gasteiger partial charge on any atom is -0.494 e. The van der Waals surface area contributed by atoms with E-state index in [-0.39, 0.29) is 24.8 Å². The molecule has 1 saturated carbocycles. The van der Waals surface area contributed by atoms with Gasteiger partial charge in [-0.3, -0.25) is 4.98 Å². The van der Waals surface area contributed by atoms with Crippen molar-refractivity contribution in [2.75, 3.05) is 20.8 Å². The molecule has 14 heteroatoms. The first-order chi connectivity index (χ1) is 27.8. The van der Waals surface area contributed by atoms with Crippen LogP contribution in [0.25, 0.3) is 33.6 Å². The van der Waals surface area contributed by atoms with Gasteiger partial charge in [0.2, 0.25) is 5.67 Å². The predicted molar refractivity (Wildman–Crippen MR) is 218 cm³/mol. The van der Waals surface area contributed by atoms with Gasteiger partial charge < -0.3 is 33.4 Å². The number of aryl methyl sites for hydroxylation is 1. The molecule has 1 unspecified atom stereocenters. The fourth-order valence-electron chi connectivity index (χ4n) is 7.16. The number of aromatic nitrogens is 5. The molecule has 0 radical (unpaired) electrons. The number of benzene rings is 1. The van der Waals surface area contributed by atoms with Gasteiger partial charge in [-0.05, 0) is 109 Å². The Labute approximate surface area is 338 Å². The standard InChI is InChI=1S/C44H55FN6O7/c1-8-9-24-57-41(53)44(45,36-16-12-14-22-46-36)21-13-10-11-15-23-50-34(26-29-17-20-32(48-38(29)50)28(2)47-42(54)58-43(3,4)5)39-49-33-25-30(40(52)56-7)27-35(55-6)37(33)51(39)31-18-19-31/h12,14,16-17,20,22,25-28,31H,8-11,13,15,18-19,21,23-24H2,1-7H3,(H,47,54)/t28-,44?/m1/s1. The quantitative estimate of drug-likeness (QED) is 0.0516. The molecule has 1 aliphatic carbocycles. The van der Waals surface area contributed by atoms with Crippen LogP contribution >= 0.6 is 0 Å². The zero-order valence-corrected chi connectivity index (χ0v) is 34.6. The van der Waals surface area contributed by atoms with Crippen LogP contribution in [0.5, 0.6) is 5.75 Å². The molecule has 6 rings (SSSR count). The highest BCUT2D eigenvalue weighted by Gasteiger charge is 2.43. The molecule has 0 bridgehead atoms. The van der Waals surface area contributed by atoms with Crippen molar-refractivity contribution in [2.45, 2.75) is 122 Å². The van der Waals surface area contributed by atoms with Crippen molar-refractivity contribution < 1.29 is 37.7 Å². The average molecular weight is 799 g/mol. The molecule has 0 aliphatic heterocycles. The summed E-state index contributed by atoms with van der Waals surface area (Å²) in [6, 6.07) is 14.0. The molecule has 1 amide bonds. The van der Waals surface area contributed by atoms with E-state index >= 15 is 4.39 Å². The molecule has 0 spiro atoms. The summed E-state index contributed by atoms with van der Waals surface area (Å²) < 4.78 is 42.5. The average Bonchev–Trinajstić information content (AvgIpc) is 3.87. The molecule has 1 aromatic carbocycles. The molecule has 0 saturated heterocycles. The number of unbranched alkanes of at least 4 members (excludes halogenated alkanes) is 4. The largest absolute Gasteiger partial charge is 0.494 e. The van der Waals surface area contributed by atoms with Crippen LogP contribution in [-0.2, 0) is 31.2 Å². The predicted octanol–water partition coefficient (Wildman–Crippen LogP) is 9.32. The number of nitrogens with one attached hydrogen (secondary N) is 1. The lowest BCUT2D eigenvalue weighted by Gasteiger charge is -2.23. The molecule has 58 heavy (non-hydrogen) atoms. The van der Waals surface area contributed by atoms with Gasteiger partial charge in [0.15, 0.2) is 5.82 Å². The first-order valence-corrected chi connectivity index (χ1v) is 20.2. The van der Waals surface area contributed by atoms with E-state index in [1.165, 1.54) is 19.4 Å². The van der Waals surface area contributed by atoms with E-state index in [0.717, 1.165) is 60.2 Å². The normalized spacial score (nSPS) is 14.6. The number of carbonyl (C=O) groups is 3. The second-order valence-electron chi connectivity index (χ2n) is 15.9. The van der Waals surface area contributed by atoms with Crippen molar-refractivity contribution >= 4 is 40.1 Å². The Morgan fingerprint density at radius 2 is 1.76 bits per heavy atom. The number of ether oxygens (including phenoxy) is 4. The fraction of sp³-hybridized carbons (Fsp3) is 0.500. The van der Waals surface area contributed by atoms with Crippen LogP contribution in [0.15, 0.2) is 54.7 Å². The minimum atomic E-state index is -2.33. The van der Waals surface area contributed by atoms with E-state index in [1.54, 1.807) is 31.4 Å². The van der Waals surface area contributed by atoms with Gasteiger partial charge in [0.25, 0.3) is 0 Å². The second kappa shape index (κ2) is 17.9. The number of rotatable bonds is 18. The van der Waals surface area contributed by atoms with E-state index in [4.69, 9.17) is 28.9 Å². The number of imidazole rings is 1. The summed E-state index contributed by atoms with van der Waals surface area (Å²) in [5.41, 5.74) is 1.03. The van der Waals surface area contributed by atoms with Crippen molar-refractivity contribution in [3.05, 3.63) is 71.7 Å². The number of halogens is 1. The lowest BCUT2D eigenvalue weighted by Crippen LogP contribution is -2.34. The number of fused-ring (bicyclic) bond motifs is 2. The number of alkyl carbamates (subject to hydrolysis) is 1. The lowest BCUT2D eigenvalue weighted by molar-refractivity contribution is -0.160. The molecule has 5 aromatic rings. The highest BCUT2D eigenvalue weighted by molar-refractivity contribution is 5.97. The smallest absolute Gasteiger partial charge is 0.408 e. The molecule has 4 heterocycles. The van der Waals surface area contributed by atoms with Crippen LogP contribution in [0.3, 0.4) is 0 Å². The number of alkyl halides is 1. The summed E-state index contributed by atoms with van der Waals surface area (Å²) in [5, 5.41) is 3.79. The summed E-state index contributed by atoms with van der Waals surface area (Å²) >= 11 is 0. The third kappa shape index (κ3) is 9.43. The molecular formula is C44H55FN6O7. The first kappa shape index (κ1) is 42.1. The van der Waals surface area contributed by atoms with Crippen molar-refractivity contribution in [3.63, 3.8) is 0 Å². The highest BCUT2D eigenvalue weighted by atomic mass is 19.1. The van der Waals surface area contributed by atoms with Crippen LogP contribution in [0.4, 0.5) is 9.18 Å². The third-order valence-electron chi connectivity index (χ3n) is 10.3. The van der Waals surface area contributed by atoms with Crippen LogP contribution in [0.2, 0.25) is 0 Å². The maximum atomic E-state index is 16.5. The van der Waals surface area contributed by atoms with E-state index < -0.39 is 35.3 Å². The van der Waals surface area contributed by atoms with Crippen LogP contribution in [-0.4, -0.2) is 68.5 Å². The van der Waals surface area contributed by atoms with Gasteiger partial charge in [-0.15, -0.1) is 0 Å². The lowest BCUT2D eigenvalue weighted by atomic mass is 9.93. The summed E-state index contributed by atoms with van der Waals surface area (Å²) in [7, 11) is 2.92. The summed E-state index contributed by atoms with van der Waals surface area (Å²) in [4.78, 5) is 52.8. The van der Waals surface area contributed by atoms with Crippen molar-refractivity contribution in [2.24, 2.45) is 0 Å². The number of hydrogen-bond donors (Lipinski definition) is 1. The molecule has 1 aliphatic rings. The number of hydrogen-bond acceptors (Lipinski definition) is 10. The zero-order chi connectivity index (χ0) is 41.6. The topological polar surface area (TPSA) is 149 Å². The molecule has 1 fully saturated rings. The summed E-state index contributed by atoms with van der Waals surface area (Å²) in [5.74, 6) is -0.135. The molecule has 4 aromatic heterocycles. The third-order valence-corrected chi connectivity index (χ3v) is 10.3. The van der Waals surface area contributed by atoms with E-state index in [1.807, 2.05) is 46.8 Å². The molecule has 1 N–H and O–H groups in total. The Bertz CT molecular complexity index is 2240. The van der Waals surface area contributed by atoms with Crippen LogP contribution in [0, 0.1) is 0 Å². The molecule has 310 valence electrons. The van der Waals surface area contributed by atoms with E-state index in [0.29, 0.717) is 48.3 Å². The zero-order valence-electron chi connectivity index (χ0n) is 34.6. The number of carbonyl (C=O) groups excluding carboxylic acids is 3. The van der Waals surface area contributed by atoms with Crippen molar-refractivity contribution in [1.29, 1.82) is 0 Å². The Morgan fingerprint density at radius 1 is 0.983 bits per heavy atom. The fourth-order valence-corrected chi connectivity index (χ4v) is 7.16. The van der Waals surface area contributed by atoms with Gasteiger partial charge in [-0.25, -0.2) is 28.7 Å². The van der Waals surface area contributed by atoms with Gasteiger partial charge in [0, 0.05) is 24.2 Å². The number of methoxy groups -OCH3 is 2. The number of nitrogens with zero attached hydrogens (tertiary/aromatic N) is 5. The summed E-state index contributed by atoms with van der Waals surface area (Å²) in [6.45, 7) is 10.0. The van der Waals surface area contributed by atoms with Gasteiger partial charge >= 0.3 is 18.0 Å². The first-order valence-electron chi connectivity index (χ1n) is 20.2. The molecule has 2 atom stereocenters. The summed E-state index contributed by atoms with van der Waals surface area (Å²) in [6.07, 6.45) is 6.92. The second-order valence-corrected chi connectivity index (χ2v) is 15.9. The van der Waals surface area contributed by atoms with Gasteiger partial charge in [0.05, 0.1) is 55.0 Å². The van der Waals surface area contributed by atoms with Crippen molar-refractivity contribution in [3.8, 4) is 17.3 Å². The molecular weight excluding hydrogens is 744 g/mol. The van der Waals surface area contributed by atoms with E-state index in [2.05, 4.69) is 25.5 Å². The SMILES string of the molecule is CCCCOC(=O)C(F)(CCCCCCn1c(-c2nc3cc(C(=O)OC)cc(OC)c3n2C2CC2)cc2ccc([C@@H](C)NC(=O)OC(C)(C)C)nc21)c1ccccn1. The van der Waals surface area contributed by atoms with Gasteiger partial charge in [0.1, 0.15) is 22.5 Å². The van der Waals surface area contributed by atoms with Gasteiger partial charge in [-0.1, -0.05) is 32.3 Å². The van der Waals surface area contributed by atoms with Crippen LogP contribution in [0.1, 0.15) is 126 Å². The Hall–Kier alpha value is -5.53. The van der Waals surface area contributed by atoms with Crippen LogP contribution < -0.4 is 10.1 Å². The number of esters is 2. The maximum absolute atomic E-state index is 16.5. The Morgan fingerprint density at radius 3 is 2.43 bits per heavy atom. The Kier molecular flexibility index (Phi) is 13.0.